The summed E-state index contributed by atoms with van der Waals surface area (Å²) in [5.41, 5.74) is 8.25. The molecule has 82 valence electrons. The number of hydrogen-bond acceptors (Lipinski definition) is 2. The van der Waals surface area contributed by atoms with E-state index in [0.29, 0.717) is 17.4 Å². The van der Waals surface area contributed by atoms with Gasteiger partial charge in [-0.1, -0.05) is 12.2 Å². The van der Waals surface area contributed by atoms with E-state index in [9.17, 15) is 4.79 Å². The Bertz CT molecular complexity index is 479. The standard InChI is InChI=1S/C13H14N2O/c14-13(16)8-4-5-12-11(6-8)10-3-1-2-9(10)7-15-12/h1,3-6,9-10,15H,2,7H2,(H2,14,16). The zero-order chi connectivity index (χ0) is 11.1. The minimum Gasteiger partial charge on any atom is -0.384 e. The first kappa shape index (κ1) is 9.46. The summed E-state index contributed by atoms with van der Waals surface area (Å²) in [6, 6.07) is 5.67. The molecular formula is C13H14N2O. The third-order valence-corrected chi connectivity index (χ3v) is 3.54. The number of hydrogen-bond donors (Lipinski definition) is 2. The fourth-order valence-corrected chi connectivity index (χ4v) is 2.67. The first-order valence-corrected chi connectivity index (χ1v) is 5.60. The van der Waals surface area contributed by atoms with Gasteiger partial charge in [0.2, 0.25) is 5.91 Å². The molecule has 1 amide bonds. The second-order valence-electron chi connectivity index (χ2n) is 4.50. The summed E-state index contributed by atoms with van der Waals surface area (Å²) in [6.45, 7) is 1.01. The highest BCUT2D eigenvalue weighted by Gasteiger charge is 2.30. The van der Waals surface area contributed by atoms with Crippen LogP contribution in [0.4, 0.5) is 5.69 Å². The molecule has 0 bridgehead atoms. The van der Waals surface area contributed by atoms with Gasteiger partial charge in [0.25, 0.3) is 0 Å². The van der Waals surface area contributed by atoms with E-state index < -0.39 is 0 Å². The number of nitrogens with one attached hydrogen (secondary N) is 1. The summed E-state index contributed by atoms with van der Waals surface area (Å²) < 4.78 is 0. The van der Waals surface area contributed by atoms with Crippen LogP contribution < -0.4 is 11.1 Å². The SMILES string of the molecule is NC(=O)c1ccc2c(c1)C1C=CCC1CN2. The third kappa shape index (κ3) is 1.32. The number of carbonyl (C=O) groups excluding carboxylic acids is 1. The summed E-state index contributed by atoms with van der Waals surface area (Å²) in [4.78, 5) is 11.2. The van der Waals surface area contributed by atoms with Gasteiger partial charge < -0.3 is 11.1 Å². The molecule has 1 aliphatic carbocycles. The molecule has 16 heavy (non-hydrogen) atoms. The van der Waals surface area contributed by atoms with Gasteiger partial charge in [-0.2, -0.15) is 0 Å². The molecule has 2 atom stereocenters. The Morgan fingerprint density at radius 2 is 2.31 bits per heavy atom. The molecular weight excluding hydrogens is 200 g/mol. The quantitative estimate of drug-likeness (QED) is 0.701. The molecule has 2 unspecified atom stereocenters. The second kappa shape index (κ2) is 3.37. The lowest BCUT2D eigenvalue weighted by Crippen LogP contribution is -2.25. The highest BCUT2D eigenvalue weighted by molar-refractivity contribution is 5.93. The number of anilines is 1. The predicted molar refractivity (Wildman–Crippen MR) is 63.4 cm³/mol. The predicted octanol–water partition coefficient (Wildman–Crippen LogP) is 1.87. The van der Waals surface area contributed by atoms with Crippen LogP contribution in [-0.2, 0) is 0 Å². The van der Waals surface area contributed by atoms with Gasteiger partial charge in [-0.3, -0.25) is 4.79 Å². The van der Waals surface area contributed by atoms with Gasteiger partial charge >= 0.3 is 0 Å². The zero-order valence-electron chi connectivity index (χ0n) is 8.94. The van der Waals surface area contributed by atoms with Crippen LogP contribution in [0.15, 0.2) is 30.4 Å². The van der Waals surface area contributed by atoms with Crippen molar-refractivity contribution in [2.75, 3.05) is 11.9 Å². The van der Waals surface area contributed by atoms with Crippen molar-refractivity contribution < 1.29 is 4.79 Å². The molecule has 3 N–H and O–H groups in total. The van der Waals surface area contributed by atoms with Crippen molar-refractivity contribution in [2.45, 2.75) is 12.3 Å². The van der Waals surface area contributed by atoms with Gasteiger partial charge in [0, 0.05) is 23.7 Å². The summed E-state index contributed by atoms with van der Waals surface area (Å²) in [6.07, 6.45) is 5.59. The van der Waals surface area contributed by atoms with E-state index in [1.54, 1.807) is 6.07 Å². The Balaban J connectivity index is 2.08. The van der Waals surface area contributed by atoms with Crippen LogP contribution in [-0.4, -0.2) is 12.5 Å². The van der Waals surface area contributed by atoms with E-state index in [1.807, 2.05) is 12.1 Å². The van der Waals surface area contributed by atoms with Gasteiger partial charge in [0.05, 0.1) is 0 Å². The maximum atomic E-state index is 11.2. The van der Waals surface area contributed by atoms with E-state index in [-0.39, 0.29) is 5.91 Å². The fraction of sp³-hybridized carbons (Fsp3) is 0.308. The first-order chi connectivity index (χ1) is 7.75. The maximum Gasteiger partial charge on any atom is 0.248 e. The smallest absolute Gasteiger partial charge is 0.248 e. The summed E-state index contributed by atoms with van der Waals surface area (Å²) >= 11 is 0. The normalized spacial score (nSPS) is 25.8. The van der Waals surface area contributed by atoms with Crippen LogP contribution in [0.3, 0.4) is 0 Å². The lowest BCUT2D eigenvalue weighted by molar-refractivity contribution is 0.1000. The molecule has 0 radical (unpaired) electrons. The molecule has 3 heteroatoms. The minimum absolute atomic E-state index is 0.355. The summed E-state index contributed by atoms with van der Waals surface area (Å²) in [5, 5.41) is 3.41. The highest BCUT2D eigenvalue weighted by Crippen LogP contribution is 2.41. The van der Waals surface area contributed by atoms with Crippen molar-refractivity contribution in [3.63, 3.8) is 0 Å². The van der Waals surface area contributed by atoms with Gasteiger partial charge in [0.15, 0.2) is 0 Å². The molecule has 0 saturated heterocycles. The number of rotatable bonds is 1. The maximum absolute atomic E-state index is 11.2. The topological polar surface area (TPSA) is 55.1 Å². The van der Waals surface area contributed by atoms with Crippen LogP contribution in [0.25, 0.3) is 0 Å². The van der Waals surface area contributed by atoms with Crippen molar-refractivity contribution in [2.24, 2.45) is 11.7 Å². The molecule has 1 aromatic carbocycles. The summed E-state index contributed by atoms with van der Waals surface area (Å²) in [5.74, 6) is 0.734. The molecule has 1 aliphatic heterocycles. The number of amides is 1. The number of fused-ring (bicyclic) bond motifs is 3. The van der Waals surface area contributed by atoms with Crippen LogP contribution in [0, 0.1) is 5.92 Å². The van der Waals surface area contributed by atoms with Crippen molar-refractivity contribution in [3.8, 4) is 0 Å². The van der Waals surface area contributed by atoms with Gasteiger partial charge in [0.1, 0.15) is 0 Å². The molecule has 1 aromatic rings. The van der Waals surface area contributed by atoms with Crippen LogP contribution >= 0.6 is 0 Å². The Labute approximate surface area is 94.3 Å². The van der Waals surface area contributed by atoms with Gasteiger partial charge in [-0.25, -0.2) is 0 Å². The Hall–Kier alpha value is -1.77. The molecule has 1 heterocycles. The Kier molecular flexibility index (Phi) is 1.99. The van der Waals surface area contributed by atoms with Gasteiger partial charge in [-0.05, 0) is 36.1 Å². The van der Waals surface area contributed by atoms with E-state index in [4.69, 9.17) is 5.73 Å². The van der Waals surface area contributed by atoms with E-state index in [1.165, 1.54) is 5.56 Å². The van der Waals surface area contributed by atoms with E-state index in [2.05, 4.69) is 17.5 Å². The second-order valence-corrected chi connectivity index (χ2v) is 4.50. The number of allylic oxidation sites excluding steroid dienone is 2. The van der Waals surface area contributed by atoms with Gasteiger partial charge in [-0.15, -0.1) is 0 Å². The molecule has 0 saturated carbocycles. The first-order valence-electron chi connectivity index (χ1n) is 5.60. The average Bonchev–Trinajstić information content (AvgIpc) is 2.76. The summed E-state index contributed by atoms with van der Waals surface area (Å²) in [7, 11) is 0. The molecule has 3 rings (SSSR count). The number of primary amides is 1. The lowest BCUT2D eigenvalue weighted by Gasteiger charge is -2.29. The van der Waals surface area contributed by atoms with Crippen molar-refractivity contribution in [1.82, 2.24) is 0 Å². The van der Waals surface area contributed by atoms with Crippen LogP contribution in [0.5, 0.6) is 0 Å². The van der Waals surface area contributed by atoms with Crippen LogP contribution in [0.1, 0.15) is 28.3 Å². The highest BCUT2D eigenvalue weighted by atomic mass is 16.1. The Morgan fingerprint density at radius 1 is 1.44 bits per heavy atom. The molecule has 3 nitrogen and oxygen atoms in total. The Morgan fingerprint density at radius 3 is 3.12 bits per heavy atom. The monoisotopic (exact) mass is 214 g/mol. The number of carbonyl (C=O) groups is 1. The van der Waals surface area contributed by atoms with Crippen molar-refractivity contribution in [1.29, 1.82) is 0 Å². The van der Waals surface area contributed by atoms with E-state index >= 15 is 0 Å². The molecule has 0 aromatic heterocycles. The van der Waals surface area contributed by atoms with E-state index in [0.717, 1.165) is 18.7 Å². The zero-order valence-corrected chi connectivity index (χ0v) is 8.94. The van der Waals surface area contributed by atoms with Crippen LogP contribution in [0.2, 0.25) is 0 Å². The lowest BCUT2D eigenvalue weighted by atomic mass is 9.84. The largest absolute Gasteiger partial charge is 0.384 e. The molecule has 2 aliphatic rings. The fourth-order valence-electron chi connectivity index (χ4n) is 2.67. The minimum atomic E-state index is -0.355. The average molecular weight is 214 g/mol. The number of benzene rings is 1. The third-order valence-electron chi connectivity index (χ3n) is 3.54. The number of nitrogens with two attached hydrogens (primary N) is 1. The van der Waals surface area contributed by atoms with Crippen molar-refractivity contribution >= 4 is 11.6 Å². The molecule has 0 spiro atoms. The molecule has 0 fully saturated rings. The van der Waals surface area contributed by atoms with Crippen molar-refractivity contribution in [3.05, 3.63) is 41.5 Å².